The fourth-order valence-corrected chi connectivity index (χ4v) is 2.37. The summed E-state index contributed by atoms with van der Waals surface area (Å²) < 4.78 is 7.85. The van der Waals surface area contributed by atoms with Crippen LogP contribution >= 0.6 is 0 Å². The predicted octanol–water partition coefficient (Wildman–Crippen LogP) is 2.56. The number of hydrogen-bond acceptors (Lipinski definition) is 3. The van der Waals surface area contributed by atoms with Gasteiger partial charge >= 0.3 is 0 Å². The highest BCUT2D eigenvalue weighted by molar-refractivity contribution is 5.42. The van der Waals surface area contributed by atoms with E-state index in [0.29, 0.717) is 6.61 Å². The normalized spacial score (nSPS) is 18.5. The van der Waals surface area contributed by atoms with Crippen LogP contribution in [0.5, 0.6) is 5.75 Å². The van der Waals surface area contributed by atoms with E-state index < -0.39 is 0 Å². The molecule has 0 spiro atoms. The van der Waals surface area contributed by atoms with Crippen LogP contribution in [0.1, 0.15) is 38.1 Å². The summed E-state index contributed by atoms with van der Waals surface area (Å²) in [5.41, 5.74) is 1.19. The topological polar surface area (TPSA) is 39.9 Å². The maximum atomic E-state index is 5.72. The average molecular weight is 243 g/mol. The Bertz CT molecular complexity index is 568. The van der Waals surface area contributed by atoms with Gasteiger partial charge in [0.15, 0.2) is 0 Å². The van der Waals surface area contributed by atoms with Gasteiger partial charge in [0.05, 0.1) is 5.92 Å². The monoisotopic (exact) mass is 243 g/mol. The molecule has 1 aromatic heterocycles. The first-order valence-electron chi connectivity index (χ1n) is 6.19. The van der Waals surface area contributed by atoms with Crippen LogP contribution in [-0.4, -0.2) is 21.4 Å². The number of hydrogen-bond donors (Lipinski definition) is 0. The van der Waals surface area contributed by atoms with Crippen LogP contribution in [-0.2, 0) is 5.54 Å². The Balaban J connectivity index is 2.06. The zero-order valence-corrected chi connectivity index (χ0v) is 10.9. The zero-order valence-electron chi connectivity index (χ0n) is 10.9. The summed E-state index contributed by atoms with van der Waals surface area (Å²) in [5.74, 6) is 2.13. The molecule has 1 unspecified atom stereocenters. The van der Waals surface area contributed by atoms with Gasteiger partial charge in [-0.25, -0.2) is 0 Å². The van der Waals surface area contributed by atoms with Gasteiger partial charge in [-0.15, -0.1) is 10.2 Å². The predicted molar refractivity (Wildman–Crippen MR) is 68.8 cm³/mol. The minimum atomic E-state index is -0.0175. The van der Waals surface area contributed by atoms with Crippen molar-refractivity contribution in [2.45, 2.75) is 32.2 Å². The highest BCUT2D eigenvalue weighted by atomic mass is 16.5. The van der Waals surface area contributed by atoms with E-state index in [0.717, 1.165) is 11.6 Å². The van der Waals surface area contributed by atoms with Crippen molar-refractivity contribution in [1.29, 1.82) is 0 Å². The van der Waals surface area contributed by atoms with E-state index in [4.69, 9.17) is 4.74 Å². The van der Waals surface area contributed by atoms with Gasteiger partial charge in [-0.2, -0.15) is 0 Å². The van der Waals surface area contributed by atoms with Crippen molar-refractivity contribution in [2.24, 2.45) is 0 Å². The molecular formula is C14H17N3O. The van der Waals surface area contributed by atoms with Crippen molar-refractivity contribution < 1.29 is 4.74 Å². The summed E-state index contributed by atoms with van der Waals surface area (Å²) in [4.78, 5) is 0. The molecule has 2 heterocycles. The molecule has 0 saturated heterocycles. The van der Waals surface area contributed by atoms with Crippen LogP contribution in [0.25, 0.3) is 0 Å². The summed E-state index contributed by atoms with van der Waals surface area (Å²) in [6.07, 6.45) is 1.80. The van der Waals surface area contributed by atoms with Gasteiger partial charge in [-0.1, -0.05) is 18.2 Å². The van der Waals surface area contributed by atoms with Crippen LogP contribution in [0.4, 0.5) is 0 Å². The Kier molecular flexibility index (Phi) is 2.40. The maximum Gasteiger partial charge on any atom is 0.144 e. The van der Waals surface area contributed by atoms with Gasteiger partial charge in [0.1, 0.15) is 24.5 Å². The second-order valence-corrected chi connectivity index (χ2v) is 5.63. The van der Waals surface area contributed by atoms with Crippen molar-refractivity contribution in [3.05, 3.63) is 42.0 Å². The lowest BCUT2D eigenvalue weighted by Gasteiger charge is -2.24. The molecule has 4 heteroatoms. The van der Waals surface area contributed by atoms with Gasteiger partial charge in [0, 0.05) is 11.1 Å². The molecule has 0 amide bonds. The SMILES string of the molecule is CC(C)(C)n1cnnc1C1COc2ccccc21. The van der Waals surface area contributed by atoms with E-state index in [-0.39, 0.29) is 11.5 Å². The van der Waals surface area contributed by atoms with Crippen molar-refractivity contribution in [1.82, 2.24) is 14.8 Å². The quantitative estimate of drug-likeness (QED) is 0.772. The van der Waals surface area contributed by atoms with E-state index >= 15 is 0 Å². The highest BCUT2D eigenvalue weighted by Gasteiger charge is 2.31. The molecule has 1 atom stereocenters. The van der Waals surface area contributed by atoms with Crippen molar-refractivity contribution in [3.8, 4) is 5.75 Å². The lowest BCUT2D eigenvalue weighted by molar-refractivity contribution is 0.323. The van der Waals surface area contributed by atoms with Gasteiger partial charge in [0.2, 0.25) is 0 Å². The Labute approximate surface area is 107 Å². The molecular weight excluding hydrogens is 226 g/mol. The molecule has 4 nitrogen and oxygen atoms in total. The molecule has 0 radical (unpaired) electrons. The maximum absolute atomic E-state index is 5.72. The number of nitrogens with zero attached hydrogens (tertiary/aromatic N) is 3. The van der Waals surface area contributed by atoms with E-state index in [2.05, 4.69) is 41.6 Å². The lowest BCUT2D eigenvalue weighted by Crippen LogP contribution is -2.25. The first-order valence-corrected chi connectivity index (χ1v) is 6.19. The molecule has 0 saturated carbocycles. The fraction of sp³-hybridized carbons (Fsp3) is 0.429. The summed E-state index contributed by atoms with van der Waals surface area (Å²) in [5, 5.41) is 8.36. The van der Waals surface area contributed by atoms with Crippen molar-refractivity contribution >= 4 is 0 Å². The van der Waals surface area contributed by atoms with Crippen molar-refractivity contribution in [3.63, 3.8) is 0 Å². The van der Waals surface area contributed by atoms with Gasteiger partial charge < -0.3 is 9.30 Å². The van der Waals surface area contributed by atoms with E-state index in [1.807, 2.05) is 18.2 Å². The second kappa shape index (κ2) is 3.83. The first-order chi connectivity index (χ1) is 8.57. The number of aromatic nitrogens is 3. The first kappa shape index (κ1) is 11.3. The van der Waals surface area contributed by atoms with Crippen LogP contribution < -0.4 is 4.74 Å². The van der Waals surface area contributed by atoms with E-state index in [1.165, 1.54) is 5.56 Å². The second-order valence-electron chi connectivity index (χ2n) is 5.63. The Morgan fingerprint density at radius 1 is 1.28 bits per heavy atom. The molecule has 0 bridgehead atoms. The third kappa shape index (κ3) is 1.68. The molecule has 0 N–H and O–H groups in total. The van der Waals surface area contributed by atoms with Crippen LogP contribution in [0, 0.1) is 0 Å². The Hall–Kier alpha value is -1.84. The van der Waals surface area contributed by atoms with Crippen LogP contribution in [0.2, 0.25) is 0 Å². The molecule has 0 aliphatic carbocycles. The summed E-state index contributed by atoms with van der Waals surface area (Å²) >= 11 is 0. The summed E-state index contributed by atoms with van der Waals surface area (Å²) in [7, 11) is 0. The molecule has 1 aliphatic rings. The van der Waals surface area contributed by atoms with Gasteiger partial charge in [0.25, 0.3) is 0 Å². The summed E-state index contributed by atoms with van der Waals surface area (Å²) in [6, 6.07) is 8.15. The number of rotatable bonds is 1. The molecule has 2 aromatic rings. The lowest BCUT2D eigenvalue weighted by atomic mass is 9.99. The number of para-hydroxylation sites is 1. The number of ether oxygens (including phenoxy) is 1. The summed E-state index contributed by atoms with van der Waals surface area (Å²) in [6.45, 7) is 7.11. The van der Waals surface area contributed by atoms with E-state index in [1.54, 1.807) is 6.33 Å². The van der Waals surface area contributed by atoms with Crippen LogP contribution in [0.3, 0.4) is 0 Å². The number of benzene rings is 1. The smallest absolute Gasteiger partial charge is 0.144 e. The fourth-order valence-electron chi connectivity index (χ4n) is 2.37. The van der Waals surface area contributed by atoms with Crippen LogP contribution in [0.15, 0.2) is 30.6 Å². The molecule has 1 aliphatic heterocycles. The molecule has 0 fully saturated rings. The molecule has 18 heavy (non-hydrogen) atoms. The van der Waals surface area contributed by atoms with Crippen molar-refractivity contribution in [2.75, 3.05) is 6.61 Å². The minimum Gasteiger partial charge on any atom is -0.492 e. The average Bonchev–Trinajstić information content (AvgIpc) is 2.93. The zero-order chi connectivity index (χ0) is 12.8. The van der Waals surface area contributed by atoms with E-state index in [9.17, 15) is 0 Å². The Morgan fingerprint density at radius 3 is 2.83 bits per heavy atom. The van der Waals surface area contributed by atoms with Gasteiger partial charge in [-0.05, 0) is 26.8 Å². The van der Waals surface area contributed by atoms with Gasteiger partial charge in [-0.3, -0.25) is 0 Å². The highest BCUT2D eigenvalue weighted by Crippen LogP contribution is 2.37. The number of fused-ring (bicyclic) bond motifs is 1. The standard InChI is InChI=1S/C14H17N3O/c1-14(2,3)17-9-15-16-13(17)11-8-18-12-7-5-4-6-10(11)12/h4-7,9,11H,8H2,1-3H3. The Morgan fingerprint density at radius 2 is 2.06 bits per heavy atom. The molecule has 3 rings (SSSR count). The largest absolute Gasteiger partial charge is 0.492 e. The minimum absolute atomic E-state index is 0.0175. The third-order valence-electron chi connectivity index (χ3n) is 3.31. The molecule has 94 valence electrons. The molecule has 1 aromatic carbocycles. The third-order valence-corrected chi connectivity index (χ3v) is 3.31.